The molecule has 5 nitrogen and oxygen atoms in total. The average Bonchev–Trinajstić information content (AvgIpc) is 4.05. The van der Waals surface area contributed by atoms with Crippen LogP contribution in [0.4, 0.5) is 0 Å². The minimum absolute atomic E-state index is 0.618. The lowest BCUT2D eigenvalue weighted by Crippen LogP contribution is -2.05. The van der Waals surface area contributed by atoms with Gasteiger partial charge in [-0.15, -0.1) is 0 Å². The summed E-state index contributed by atoms with van der Waals surface area (Å²) in [4.78, 5) is 0. The number of benzene rings is 9. The van der Waals surface area contributed by atoms with Gasteiger partial charge in [-0.05, 0) is 73.2 Å². The van der Waals surface area contributed by atoms with E-state index in [1.54, 1.807) is 0 Å². The Labute approximate surface area is 350 Å². The molecule has 284 valence electrons. The van der Waals surface area contributed by atoms with Crippen molar-refractivity contribution >= 4 is 87.2 Å². The summed E-state index contributed by atoms with van der Waals surface area (Å²) in [6, 6.07) is 72.2. The predicted molar refractivity (Wildman–Crippen MR) is 253 cm³/mol. The Morgan fingerprint density at radius 1 is 0.328 bits per heavy atom. The average molecular weight is 778 g/mol. The third kappa shape index (κ3) is 4.53. The largest absolute Gasteiger partial charge is 0.307 e. The second-order valence-electron chi connectivity index (χ2n) is 16.1. The highest BCUT2D eigenvalue weighted by Gasteiger charge is 2.26. The van der Waals surface area contributed by atoms with Crippen LogP contribution in [0.5, 0.6) is 0 Å². The lowest BCUT2D eigenvalue weighted by molar-refractivity contribution is 1.10. The quantitative estimate of drug-likeness (QED) is 0.175. The number of aromatic nitrogens is 4. The first-order valence-electron chi connectivity index (χ1n) is 20.8. The molecule has 5 heteroatoms. The van der Waals surface area contributed by atoms with Crippen molar-refractivity contribution in [3.8, 4) is 28.8 Å². The Balaban J connectivity index is 1.21. The molecule has 0 aliphatic carbocycles. The van der Waals surface area contributed by atoms with Crippen LogP contribution in [0.25, 0.3) is 110 Å². The highest BCUT2D eigenvalue weighted by atomic mass is 15.1. The number of nitrogens with zero attached hydrogens (tertiary/aromatic N) is 5. The minimum atomic E-state index is 0.618. The molecule has 0 aliphatic rings. The highest BCUT2D eigenvalue weighted by molar-refractivity contribution is 6.25. The van der Waals surface area contributed by atoms with Crippen LogP contribution in [0.3, 0.4) is 0 Å². The fourth-order valence-corrected chi connectivity index (χ4v) is 10.4. The van der Waals surface area contributed by atoms with E-state index in [1.807, 2.05) is 0 Å². The van der Waals surface area contributed by atoms with Gasteiger partial charge < -0.3 is 18.3 Å². The summed E-state index contributed by atoms with van der Waals surface area (Å²) in [7, 11) is 0. The summed E-state index contributed by atoms with van der Waals surface area (Å²) in [6.45, 7) is 2.14. The number of hydrogen-bond acceptors (Lipinski definition) is 1. The van der Waals surface area contributed by atoms with E-state index in [4.69, 9.17) is 0 Å². The van der Waals surface area contributed by atoms with E-state index in [0.717, 1.165) is 83.2 Å². The number of aryl methyl sites for hydroxylation is 1. The zero-order valence-corrected chi connectivity index (χ0v) is 33.2. The molecule has 0 saturated heterocycles. The Morgan fingerprint density at radius 3 is 1.05 bits per heavy atom. The van der Waals surface area contributed by atoms with Gasteiger partial charge in [0.15, 0.2) is 0 Å². The maximum absolute atomic E-state index is 11.1. The highest BCUT2D eigenvalue weighted by Crippen LogP contribution is 2.45. The maximum atomic E-state index is 11.1. The monoisotopic (exact) mass is 777 g/mol. The molecular weight excluding hydrogens is 743 g/mol. The molecule has 0 radical (unpaired) electrons. The van der Waals surface area contributed by atoms with E-state index < -0.39 is 0 Å². The summed E-state index contributed by atoms with van der Waals surface area (Å²) >= 11 is 0. The molecule has 61 heavy (non-hydrogen) atoms. The zero-order chi connectivity index (χ0) is 40.3. The number of hydrogen-bond donors (Lipinski definition) is 0. The third-order valence-corrected chi connectivity index (χ3v) is 12.9. The molecule has 13 rings (SSSR count). The molecule has 0 bridgehead atoms. The van der Waals surface area contributed by atoms with E-state index in [1.165, 1.54) is 32.3 Å². The van der Waals surface area contributed by atoms with Crippen molar-refractivity contribution in [1.29, 1.82) is 5.26 Å². The summed E-state index contributed by atoms with van der Waals surface area (Å²) in [5, 5.41) is 20.5. The smallest absolute Gasteiger partial charge is 0.101 e. The SMILES string of the molecule is Cc1cc(C#N)c(-n2c3ccccc3c3ccc4c5ccccc5n(-c5ccccc5)c4c32)cc1-n1c2ccccc2c2ccc3c4ccccc4n(-c4ccccc4)c3c21. The molecule has 0 amide bonds. The van der Waals surface area contributed by atoms with Crippen LogP contribution in [0, 0.1) is 18.3 Å². The molecule has 4 aromatic heterocycles. The van der Waals surface area contributed by atoms with Gasteiger partial charge in [-0.1, -0.05) is 133 Å². The summed E-state index contributed by atoms with van der Waals surface area (Å²) in [5.74, 6) is 0. The van der Waals surface area contributed by atoms with Crippen LogP contribution >= 0.6 is 0 Å². The Hall–Kier alpha value is -8.33. The molecule has 0 fully saturated rings. The van der Waals surface area contributed by atoms with Crippen LogP contribution in [-0.2, 0) is 0 Å². The molecular formula is C56H35N5. The molecule has 0 aliphatic heterocycles. The Kier molecular flexibility index (Phi) is 6.94. The van der Waals surface area contributed by atoms with Crippen LogP contribution in [0.15, 0.2) is 194 Å². The zero-order valence-electron chi connectivity index (χ0n) is 33.2. The van der Waals surface area contributed by atoms with Gasteiger partial charge in [-0.3, -0.25) is 0 Å². The van der Waals surface area contributed by atoms with Gasteiger partial charge in [-0.2, -0.15) is 5.26 Å². The molecule has 4 heterocycles. The molecule has 13 aromatic rings. The van der Waals surface area contributed by atoms with Crippen LogP contribution < -0.4 is 0 Å². The number of nitriles is 1. The van der Waals surface area contributed by atoms with Gasteiger partial charge in [-0.25, -0.2) is 0 Å². The van der Waals surface area contributed by atoms with Gasteiger partial charge in [0, 0.05) is 54.5 Å². The Bertz CT molecular complexity index is 4000. The van der Waals surface area contributed by atoms with E-state index in [-0.39, 0.29) is 0 Å². The summed E-state index contributed by atoms with van der Waals surface area (Å²) < 4.78 is 9.64. The van der Waals surface area contributed by atoms with Crippen LogP contribution in [0.1, 0.15) is 11.1 Å². The normalized spacial score (nSPS) is 12.0. The number of para-hydroxylation sites is 6. The number of rotatable bonds is 4. The molecule has 0 unspecified atom stereocenters. The second kappa shape index (κ2) is 12.6. The topological polar surface area (TPSA) is 43.5 Å². The fraction of sp³-hybridized carbons (Fsp3) is 0.0179. The van der Waals surface area contributed by atoms with Crippen molar-refractivity contribution in [2.75, 3.05) is 0 Å². The van der Waals surface area contributed by atoms with Gasteiger partial charge >= 0.3 is 0 Å². The Morgan fingerprint density at radius 2 is 0.656 bits per heavy atom. The lowest BCUT2D eigenvalue weighted by Gasteiger charge is -2.18. The number of fused-ring (bicyclic) bond motifs is 14. The molecule has 0 saturated carbocycles. The van der Waals surface area contributed by atoms with Gasteiger partial charge in [0.05, 0.1) is 61.1 Å². The van der Waals surface area contributed by atoms with E-state index >= 15 is 0 Å². The molecule has 0 N–H and O–H groups in total. The molecule has 9 aromatic carbocycles. The second-order valence-corrected chi connectivity index (χ2v) is 16.1. The van der Waals surface area contributed by atoms with Gasteiger partial charge in [0.25, 0.3) is 0 Å². The van der Waals surface area contributed by atoms with Crippen molar-refractivity contribution in [3.63, 3.8) is 0 Å². The predicted octanol–water partition coefficient (Wildman–Crippen LogP) is 14.3. The van der Waals surface area contributed by atoms with Gasteiger partial charge in [0.2, 0.25) is 0 Å². The van der Waals surface area contributed by atoms with E-state index in [0.29, 0.717) is 5.56 Å². The van der Waals surface area contributed by atoms with Gasteiger partial charge in [0.1, 0.15) is 6.07 Å². The van der Waals surface area contributed by atoms with Crippen LogP contribution in [0.2, 0.25) is 0 Å². The van der Waals surface area contributed by atoms with Crippen molar-refractivity contribution in [2.24, 2.45) is 0 Å². The van der Waals surface area contributed by atoms with E-state index in [2.05, 4.69) is 225 Å². The first kappa shape index (κ1) is 33.6. The van der Waals surface area contributed by atoms with Crippen molar-refractivity contribution < 1.29 is 0 Å². The van der Waals surface area contributed by atoms with Crippen LogP contribution in [-0.4, -0.2) is 18.3 Å². The molecule has 0 atom stereocenters. The van der Waals surface area contributed by atoms with E-state index in [9.17, 15) is 5.26 Å². The minimum Gasteiger partial charge on any atom is -0.307 e. The first-order valence-corrected chi connectivity index (χ1v) is 20.8. The first-order chi connectivity index (χ1) is 30.2. The van der Waals surface area contributed by atoms with Crippen molar-refractivity contribution in [1.82, 2.24) is 18.3 Å². The lowest BCUT2D eigenvalue weighted by atomic mass is 10.1. The third-order valence-electron chi connectivity index (χ3n) is 12.9. The molecule has 0 spiro atoms. The summed E-state index contributed by atoms with van der Waals surface area (Å²) in [6.07, 6.45) is 0. The fourth-order valence-electron chi connectivity index (χ4n) is 10.4. The summed E-state index contributed by atoms with van der Waals surface area (Å²) in [5.41, 5.74) is 14.6. The van der Waals surface area contributed by atoms with Crippen molar-refractivity contribution in [2.45, 2.75) is 6.92 Å². The standard InChI is InChI=1S/C56H35N5/c1-35-32-36(34-57)52(61-50-27-15-11-23-42(50)46-31-29-44-40-21-9-13-25-48(40)59(54(44)56(46)61)38-18-6-3-7-19-38)33-51(35)60-49-26-14-10-22-41(49)45-30-28-43-39-20-8-12-24-47(39)58(53(43)55(45)60)37-16-4-2-5-17-37/h2-33H,1H3. The maximum Gasteiger partial charge on any atom is 0.101 e. The van der Waals surface area contributed by atoms with Crippen molar-refractivity contribution in [3.05, 3.63) is 205 Å².